The van der Waals surface area contributed by atoms with Crippen LogP contribution in [0.15, 0.2) is 59.2 Å². The minimum absolute atomic E-state index is 0.224. The van der Waals surface area contributed by atoms with Gasteiger partial charge in [0.1, 0.15) is 6.26 Å². The lowest BCUT2D eigenvalue weighted by Crippen LogP contribution is -2.30. The van der Waals surface area contributed by atoms with E-state index in [4.69, 9.17) is 4.42 Å². The largest absolute Gasteiger partial charge is 0.444 e. The number of amides is 2. The molecule has 5 heteroatoms. The molecule has 1 heterocycles. The first-order valence-corrected chi connectivity index (χ1v) is 9.17. The Hall–Kier alpha value is -3.08. The molecule has 2 amide bonds. The Morgan fingerprint density at radius 2 is 1.93 bits per heavy atom. The molecule has 0 saturated heterocycles. The lowest BCUT2D eigenvalue weighted by atomic mass is 10.0. The van der Waals surface area contributed by atoms with Crippen LogP contribution in [0.4, 0.5) is 10.5 Å². The van der Waals surface area contributed by atoms with Gasteiger partial charge in [-0.15, -0.1) is 0 Å². The van der Waals surface area contributed by atoms with E-state index in [1.54, 1.807) is 6.26 Å². The van der Waals surface area contributed by atoms with Gasteiger partial charge in [0.05, 0.1) is 5.69 Å². The minimum atomic E-state index is -0.224. The van der Waals surface area contributed by atoms with Crippen molar-refractivity contribution in [3.8, 4) is 11.5 Å². The van der Waals surface area contributed by atoms with Crippen molar-refractivity contribution < 1.29 is 9.21 Å². The van der Waals surface area contributed by atoms with E-state index in [0.29, 0.717) is 24.8 Å². The fourth-order valence-electron chi connectivity index (χ4n) is 2.71. The summed E-state index contributed by atoms with van der Waals surface area (Å²) in [5.41, 5.74) is 4.94. The van der Waals surface area contributed by atoms with Crippen LogP contribution in [-0.2, 0) is 6.42 Å². The molecule has 0 unspecified atom stereocenters. The number of hydrogen-bond acceptors (Lipinski definition) is 3. The highest BCUT2D eigenvalue weighted by Gasteiger charge is 2.08. The quantitative estimate of drug-likeness (QED) is 0.637. The molecule has 0 aliphatic rings. The highest BCUT2D eigenvalue weighted by Crippen LogP contribution is 2.20. The number of rotatable bonds is 6. The number of aryl methyl sites for hydroxylation is 1. The Labute approximate surface area is 159 Å². The highest BCUT2D eigenvalue weighted by molar-refractivity contribution is 5.89. The molecule has 0 aliphatic carbocycles. The number of aromatic nitrogens is 1. The van der Waals surface area contributed by atoms with E-state index >= 15 is 0 Å². The summed E-state index contributed by atoms with van der Waals surface area (Å²) in [6.07, 6.45) is 2.25. The Balaban J connectivity index is 1.49. The van der Waals surface area contributed by atoms with E-state index in [-0.39, 0.29) is 6.03 Å². The monoisotopic (exact) mass is 363 g/mol. The van der Waals surface area contributed by atoms with Gasteiger partial charge in [-0.2, -0.15) is 0 Å². The van der Waals surface area contributed by atoms with Gasteiger partial charge in [0, 0.05) is 24.2 Å². The highest BCUT2D eigenvalue weighted by atomic mass is 16.3. The summed E-state index contributed by atoms with van der Waals surface area (Å²) in [6, 6.07) is 15.7. The molecule has 3 aromatic rings. The van der Waals surface area contributed by atoms with Crippen molar-refractivity contribution in [3.63, 3.8) is 0 Å². The maximum absolute atomic E-state index is 12.1. The van der Waals surface area contributed by atoms with E-state index < -0.39 is 0 Å². The van der Waals surface area contributed by atoms with E-state index in [0.717, 1.165) is 16.9 Å². The van der Waals surface area contributed by atoms with Crippen molar-refractivity contribution in [3.05, 3.63) is 71.6 Å². The van der Waals surface area contributed by atoms with Gasteiger partial charge in [-0.1, -0.05) is 43.7 Å². The Morgan fingerprint density at radius 1 is 1.15 bits per heavy atom. The molecular formula is C22H25N3O2. The Bertz CT molecular complexity index is 898. The average Bonchev–Trinajstić information content (AvgIpc) is 3.11. The summed E-state index contributed by atoms with van der Waals surface area (Å²) >= 11 is 0. The summed E-state index contributed by atoms with van der Waals surface area (Å²) in [5.74, 6) is 1.02. The van der Waals surface area contributed by atoms with E-state index in [1.165, 1.54) is 11.1 Å². The number of benzene rings is 2. The standard InChI is InChI=1S/C22H25N3O2/c1-15(2)18-5-4-6-19(13-18)25-22(26)23-12-11-20-14-27-21(24-20)17-9-7-16(3)8-10-17/h4-10,13-15H,11-12H2,1-3H3,(H2,23,25,26). The molecule has 0 aliphatic heterocycles. The van der Waals surface area contributed by atoms with E-state index in [2.05, 4.69) is 35.5 Å². The molecule has 2 aromatic carbocycles. The van der Waals surface area contributed by atoms with E-state index in [1.807, 2.05) is 49.4 Å². The number of carbonyl (C=O) groups excluding carboxylic acids is 1. The molecule has 140 valence electrons. The van der Waals surface area contributed by atoms with Crippen molar-refractivity contribution in [2.45, 2.75) is 33.1 Å². The molecule has 0 radical (unpaired) electrons. The number of nitrogens with zero attached hydrogens (tertiary/aromatic N) is 1. The first-order valence-electron chi connectivity index (χ1n) is 9.17. The van der Waals surface area contributed by atoms with Crippen molar-refractivity contribution >= 4 is 11.7 Å². The van der Waals surface area contributed by atoms with Crippen LogP contribution in [0.2, 0.25) is 0 Å². The second kappa shape index (κ2) is 8.54. The van der Waals surface area contributed by atoms with Gasteiger partial charge in [0.25, 0.3) is 0 Å². The molecule has 0 bridgehead atoms. The van der Waals surface area contributed by atoms with Crippen LogP contribution in [0.5, 0.6) is 0 Å². The molecule has 27 heavy (non-hydrogen) atoms. The third kappa shape index (κ3) is 5.20. The van der Waals surface area contributed by atoms with Crippen LogP contribution in [0.25, 0.3) is 11.5 Å². The molecular weight excluding hydrogens is 338 g/mol. The lowest BCUT2D eigenvalue weighted by molar-refractivity contribution is 0.252. The van der Waals surface area contributed by atoms with Crippen LogP contribution in [-0.4, -0.2) is 17.6 Å². The molecule has 0 spiro atoms. The summed E-state index contributed by atoms with van der Waals surface area (Å²) in [6.45, 7) is 6.78. The molecule has 1 aromatic heterocycles. The van der Waals surface area contributed by atoms with Crippen molar-refractivity contribution in [1.29, 1.82) is 0 Å². The molecule has 0 atom stereocenters. The zero-order valence-electron chi connectivity index (χ0n) is 16.0. The molecule has 2 N–H and O–H groups in total. The van der Waals surface area contributed by atoms with E-state index in [9.17, 15) is 4.79 Å². The zero-order valence-corrected chi connectivity index (χ0v) is 16.0. The smallest absolute Gasteiger partial charge is 0.319 e. The third-order valence-electron chi connectivity index (χ3n) is 4.33. The molecule has 5 nitrogen and oxygen atoms in total. The first-order chi connectivity index (χ1) is 13.0. The van der Waals surface area contributed by atoms with Crippen molar-refractivity contribution in [2.24, 2.45) is 0 Å². The number of carbonyl (C=O) groups is 1. The van der Waals surface area contributed by atoms with Gasteiger partial charge in [0.15, 0.2) is 0 Å². The van der Waals surface area contributed by atoms with Gasteiger partial charge in [-0.3, -0.25) is 0 Å². The topological polar surface area (TPSA) is 67.2 Å². The summed E-state index contributed by atoms with van der Waals surface area (Å²) in [4.78, 5) is 16.6. The van der Waals surface area contributed by atoms with Crippen molar-refractivity contribution in [2.75, 3.05) is 11.9 Å². The first kappa shape index (κ1) is 18.7. The summed E-state index contributed by atoms with van der Waals surface area (Å²) < 4.78 is 5.54. The number of oxazole rings is 1. The van der Waals surface area contributed by atoms with Gasteiger partial charge < -0.3 is 15.1 Å². The predicted octanol–water partition coefficient (Wildman–Crippen LogP) is 5.14. The predicted molar refractivity (Wildman–Crippen MR) is 108 cm³/mol. The van der Waals surface area contributed by atoms with Crippen LogP contribution in [0.1, 0.15) is 36.6 Å². The number of anilines is 1. The summed E-state index contributed by atoms with van der Waals surface area (Å²) in [7, 11) is 0. The maximum Gasteiger partial charge on any atom is 0.319 e. The van der Waals surface area contributed by atoms with Gasteiger partial charge in [-0.05, 0) is 42.7 Å². The van der Waals surface area contributed by atoms with Crippen LogP contribution in [0.3, 0.4) is 0 Å². The van der Waals surface area contributed by atoms with Gasteiger partial charge in [0.2, 0.25) is 5.89 Å². The second-order valence-electron chi connectivity index (χ2n) is 6.92. The molecule has 3 rings (SSSR count). The van der Waals surface area contributed by atoms with Gasteiger partial charge in [-0.25, -0.2) is 9.78 Å². The number of urea groups is 1. The van der Waals surface area contributed by atoms with Gasteiger partial charge >= 0.3 is 6.03 Å². The number of nitrogens with one attached hydrogen (secondary N) is 2. The molecule has 0 saturated carbocycles. The SMILES string of the molecule is Cc1ccc(-c2nc(CCNC(=O)Nc3cccc(C(C)C)c3)co2)cc1. The van der Waals surface area contributed by atoms with Crippen molar-refractivity contribution in [1.82, 2.24) is 10.3 Å². The Morgan fingerprint density at radius 3 is 2.67 bits per heavy atom. The second-order valence-corrected chi connectivity index (χ2v) is 6.92. The molecule has 0 fully saturated rings. The average molecular weight is 363 g/mol. The van der Waals surface area contributed by atoms with Crippen LogP contribution < -0.4 is 10.6 Å². The number of hydrogen-bond donors (Lipinski definition) is 2. The minimum Gasteiger partial charge on any atom is -0.444 e. The Kier molecular flexibility index (Phi) is 5.91. The normalized spacial score (nSPS) is 10.8. The fourth-order valence-corrected chi connectivity index (χ4v) is 2.71. The maximum atomic E-state index is 12.1. The lowest BCUT2D eigenvalue weighted by Gasteiger charge is -2.10. The summed E-state index contributed by atoms with van der Waals surface area (Å²) in [5, 5.41) is 5.72. The van der Waals surface area contributed by atoms with Crippen LogP contribution in [0, 0.1) is 6.92 Å². The fraction of sp³-hybridized carbons (Fsp3) is 0.273. The van der Waals surface area contributed by atoms with Crippen LogP contribution >= 0.6 is 0 Å². The zero-order chi connectivity index (χ0) is 19.2. The third-order valence-corrected chi connectivity index (χ3v) is 4.33.